The van der Waals surface area contributed by atoms with Crippen LogP contribution >= 0.6 is 11.8 Å². The van der Waals surface area contributed by atoms with Crippen LogP contribution < -0.4 is 15.0 Å². The van der Waals surface area contributed by atoms with E-state index >= 15 is 0 Å². The van der Waals surface area contributed by atoms with Crippen molar-refractivity contribution in [3.05, 3.63) is 136 Å². The van der Waals surface area contributed by atoms with Crippen LogP contribution in [0.15, 0.2) is 139 Å². The number of rotatable bonds is 22. The van der Waals surface area contributed by atoms with Gasteiger partial charge in [0.05, 0.1) is 28.8 Å². The maximum Gasteiger partial charge on any atom is 0.414 e. The predicted molar refractivity (Wildman–Crippen MR) is 217 cm³/mol. The molecule has 0 aliphatic heterocycles. The number of sulfone groups is 1. The minimum Gasteiger partial charge on any atom is -0.464 e. The van der Waals surface area contributed by atoms with Crippen molar-refractivity contribution in [2.75, 3.05) is 19.0 Å². The Kier molecular flexibility index (Phi) is 17.5. The quantitative estimate of drug-likeness (QED) is 0.0270. The Labute approximate surface area is 334 Å². The van der Waals surface area contributed by atoms with Gasteiger partial charge in [0.2, 0.25) is 0 Å². The van der Waals surface area contributed by atoms with Crippen LogP contribution in [0.2, 0.25) is 0 Å². The zero-order chi connectivity index (χ0) is 40.3. The SMILES string of the molecule is CC(C)=CCC/C(C)=C/CC/C(C)=C/CSc1ccccc1C(=O)N[C@@H](Cc1ccccc1)C(=O)OCCCCOc1no[n+]([O-])c1S(=O)(=O)c1ccccc1. The van der Waals surface area contributed by atoms with Gasteiger partial charge in [-0.15, -0.1) is 11.8 Å². The number of esters is 1. The first kappa shape index (κ1) is 43.6. The molecule has 1 heterocycles. The Hall–Kier alpha value is -5.14. The molecular formula is C43H51N3O8S2. The molecule has 1 atom stereocenters. The zero-order valence-electron chi connectivity index (χ0n) is 32.4. The standard InChI is InChI=1S/C43H51N3O8S2/c1-32(2)17-15-18-33(3)19-16-20-34(4)27-30-55-39-26-12-11-25-37(39)40(47)44-38(31-35-21-7-5-8-22-35)43(48)53-29-14-13-28-52-41-42(46(49)54-45-41)56(50,51)36-23-9-6-10-24-36/h5-12,17,19,21-27,38H,13-16,18,20,28-31H2,1-4H3,(H,44,47)/b33-19+,34-27+/t38-/m0/s1. The molecule has 0 fully saturated rings. The summed E-state index contributed by atoms with van der Waals surface area (Å²) >= 11 is 1.57. The number of allylic oxidation sites excluding steroid dienone is 5. The summed E-state index contributed by atoms with van der Waals surface area (Å²) in [5, 5.41) is 17.8. The lowest BCUT2D eigenvalue weighted by molar-refractivity contribution is -0.832. The van der Waals surface area contributed by atoms with Crippen molar-refractivity contribution in [3.63, 3.8) is 0 Å². The van der Waals surface area contributed by atoms with Gasteiger partial charge in [0.15, 0.2) is 0 Å². The summed E-state index contributed by atoms with van der Waals surface area (Å²) in [6, 6.07) is 23.2. The third kappa shape index (κ3) is 13.9. The maximum absolute atomic E-state index is 13.7. The number of unbranched alkanes of at least 4 members (excludes halogenated alkanes) is 1. The fraction of sp³-hybridized carbons (Fsp3) is 0.349. The average Bonchev–Trinajstić information content (AvgIpc) is 3.57. The third-order valence-electron chi connectivity index (χ3n) is 8.67. The van der Waals surface area contributed by atoms with Gasteiger partial charge >= 0.3 is 16.9 Å². The van der Waals surface area contributed by atoms with Crippen LogP contribution in [0.5, 0.6) is 5.88 Å². The molecule has 3 aromatic carbocycles. The summed E-state index contributed by atoms with van der Waals surface area (Å²) in [6.45, 7) is 8.56. The molecule has 0 spiro atoms. The Bertz CT molecular complexity index is 2070. The molecule has 0 bridgehead atoms. The van der Waals surface area contributed by atoms with Gasteiger partial charge in [-0.2, -0.15) is 0 Å². The summed E-state index contributed by atoms with van der Waals surface area (Å²) < 4.78 is 41.6. The van der Waals surface area contributed by atoms with Gasteiger partial charge in [0.1, 0.15) is 6.04 Å². The molecule has 4 rings (SSSR count). The molecule has 13 heteroatoms. The van der Waals surface area contributed by atoms with Gasteiger partial charge in [-0.1, -0.05) is 95.6 Å². The van der Waals surface area contributed by atoms with Gasteiger partial charge in [-0.25, -0.2) is 13.2 Å². The number of ether oxygens (including phenoxy) is 2. The van der Waals surface area contributed by atoms with E-state index in [0.29, 0.717) is 24.2 Å². The molecular weight excluding hydrogens is 751 g/mol. The lowest BCUT2D eigenvalue weighted by atomic mass is 10.1. The van der Waals surface area contributed by atoms with E-state index in [-0.39, 0.29) is 35.3 Å². The highest BCUT2D eigenvalue weighted by atomic mass is 32.2. The largest absolute Gasteiger partial charge is 0.464 e. The van der Waals surface area contributed by atoms with Gasteiger partial charge in [0.25, 0.3) is 15.7 Å². The van der Waals surface area contributed by atoms with Crippen LogP contribution in [0, 0.1) is 5.21 Å². The first-order valence-electron chi connectivity index (χ1n) is 18.7. The minimum absolute atomic E-state index is 0.0161. The van der Waals surface area contributed by atoms with E-state index in [0.717, 1.165) is 36.1 Å². The average molecular weight is 802 g/mol. The number of hydrogen-bond acceptors (Lipinski definition) is 10. The van der Waals surface area contributed by atoms with Crippen LogP contribution in [0.25, 0.3) is 0 Å². The van der Waals surface area contributed by atoms with E-state index in [1.807, 2.05) is 42.5 Å². The van der Waals surface area contributed by atoms with Crippen molar-refractivity contribution < 1.29 is 37.0 Å². The van der Waals surface area contributed by atoms with Gasteiger partial charge in [-0.3, -0.25) is 9.42 Å². The number of amides is 1. The fourth-order valence-corrected chi connectivity index (χ4v) is 7.89. The Balaban J connectivity index is 1.30. The fourth-order valence-electron chi connectivity index (χ4n) is 5.56. The van der Waals surface area contributed by atoms with E-state index in [4.69, 9.17) is 9.47 Å². The summed E-state index contributed by atoms with van der Waals surface area (Å²) in [5.41, 5.74) is 5.37. The molecule has 0 aliphatic carbocycles. The van der Waals surface area contributed by atoms with Crippen LogP contribution in [-0.2, 0) is 25.8 Å². The highest BCUT2D eigenvalue weighted by Crippen LogP contribution is 2.26. The molecule has 1 N–H and O–H groups in total. The second kappa shape index (κ2) is 22.4. The Morgan fingerprint density at radius 1 is 0.857 bits per heavy atom. The predicted octanol–water partition coefficient (Wildman–Crippen LogP) is 8.40. The minimum atomic E-state index is -4.24. The summed E-state index contributed by atoms with van der Waals surface area (Å²) in [6.07, 6.45) is 11.8. The lowest BCUT2D eigenvalue weighted by Gasteiger charge is -2.19. The van der Waals surface area contributed by atoms with Crippen molar-refractivity contribution in [2.45, 2.75) is 93.5 Å². The van der Waals surface area contributed by atoms with Crippen LogP contribution in [0.1, 0.15) is 82.1 Å². The number of carbonyl (C=O) groups is 2. The first-order chi connectivity index (χ1) is 27.0. The van der Waals surface area contributed by atoms with Crippen LogP contribution in [0.3, 0.4) is 0 Å². The smallest absolute Gasteiger partial charge is 0.414 e. The molecule has 11 nitrogen and oxygen atoms in total. The van der Waals surface area contributed by atoms with Crippen molar-refractivity contribution in [1.29, 1.82) is 0 Å². The highest BCUT2D eigenvalue weighted by molar-refractivity contribution is 7.99. The zero-order valence-corrected chi connectivity index (χ0v) is 34.1. The number of benzene rings is 3. The van der Waals surface area contributed by atoms with E-state index in [1.54, 1.807) is 30.0 Å². The molecule has 56 heavy (non-hydrogen) atoms. The lowest BCUT2D eigenvalue weighted by Crippen LogP contribution is -2.43. The second-order valence-corrected chi connectivity index (χ2v) is 16.5. The molecule has 0 saturated carbocycles. The summed E-state index contributed by atoms with van der Waals surface area (Å²) in [5.74, 6) is -0.720. The van der Waals surface area contributed by atoms with E-state index in [2.05, 4.69) is 61.0 Å². The van der Waals surface area contributed by atoms with Gasteiger partial charge < -0.3 is 20.0 Å². The molecule has 0 unspecified atom stereocenters. The summed E-state index contributed by atoms with van der Waals surface area (Å²) in [4.78, 5) is 27.6. The molecule has 1 aromatic heterocycles. The summed E-state index contributed by atoms with van der Waals surface area (Å²) in [7, 11) is -4.24. The van der Waals surface area contributed by atoms with E-state index in [1.165, 1.54) is 41.0 Å². The molecule has 298 valence electrons. The van der Waals surface area contributed by atoms with Crippen molar-refractivity contribution in [2.24, 2.45) is 0 Å². The number of aromatic nitrogens is 2. The van der Waals surface area contributed by atoms with Crippen LogP contribution in [-0.4, -0.2) is 50.5 Å². The first-order valence-corrected chi connectivity index (χ1v) is 21.1. The Morgan fingerprint density at radius 2 is 1.48 bits per heavy atom. The topological polar surface area (TPSA) is 152 Å². The highest BCUT2D eigenvalue weighted by Gasteiger charge is 2.35. The van der Waals surface area contributed by atoms with Crippen molar-refractivity contribution in [3.8, 4) is 5.88 Å². The Morgan fingerprint density at radius 3 is 2.20 bits per heavy atom. The number of carbonyl (C=O) groups excluding carboxylic acids is 2. The molecule has 0 saturated heterocycles. The third-order valence-corrected chi connectivity index (χ3v) is 11.4. The molecule has 0 radical (unpaired) electrons. The van der Waals surface area contributed by atoms with Gasteiger partial charge in [-0.05, 0) is 101 Å². The number of hydrogen-bond donors (Lipinski definition) is 1. The van der Waals surface area contributed by atoms with Gasteiger partial charge in [0, 0.05) is 17.1 Å². The molecule has 4 aromatic rings. The number of nitrogens with one attached hydrogen (secondary N) is 1. The number of thioether (sulfide) groups is 1. The van der Waals surface area contributed by atoms with E-state index < -0.39 is 32.8 Å². The van der Waals surface area contributed by atoms with Crippen molar-refractivity contribution >= 4 is 33.5 Å². The van der Waals surface area contributed by atoms with E-state index in [9.17, 15) is 23.2 Å². The van der Waals surface area contributed by atoms with Crippen LogP contribution in [0.4, 0.5) is 0 Å². The monoisotopic (exact) mass is 801 g/mol. The second-order valence-electron chi connectivity index (χ2n) is 13.6. The van der Waals surface area contributed by atoms with Crippen molar-refractivity contribution in [1.82, 2.24) is 10.5 Å². The maximum atomic E-state index is 13.7. The molecule has 0 aliphatic rings. The molecule has 1 amide bonds. The normalized spacial score (nSPS) is 12.5. The number of nitrogens with zero attached hydrogens (tertiary/aromatic N) is 2.